The van der Waals surface area contributed by atoms with Gasteiger partial charge in [0.25, 0.3) is 0 Å². The Hall–Kier alpha value is -2.08. The summed E-state index contributed by atoms with van der Waals surface area (Å²) in [7, 11) is 0. The Morgan fingerprint density at radius 3 is 2.21 bits per heavy atom. The zero-order chi connectivity index (χ0) is 13.3. The molecule has 1 atom stereocenters. The van der Waals surface area contributed by atoms with E-state index in [1.807, 2.05) is 48.5 Å². The summed E-state index contributed by atoms with van der Waals surface area (Å²) in [4.78, 5) is 0. The highest BCUT2D eigenvalue weighted by Crippen LogP contribution is 2.05. The average molecular weight is 250 g/mol. The van der Waals surface area contributed by atoms with Crippen LogP contribution in [-0.4, -0.2) is 6.54 Å². The van der Waals surface area contributed by atoms with Crippen molar-refractivity contribution in [3.63, 3.8) is 0 Å². The fraction of sp³-hybridized carbons (Fsp3) is 0.176. The lowest BCUT2D eigenvalue weighted by Crippen LogP contribution is -2.28. The van der Waals surface area contributed by atoms with Crippen molar-refractivity contribution in [2.24, 2.45) is 5.73 Å². The molecule has 19 heavy (non-hydrogen) atoms. The highest BCUT2D eigenvalue weighted by Gasteiger charge is 2.01. The molecule has 0 aliphatic rings. The molecule has 1 unspecified atom stereocenters. The van der Waals surface area contributed by atoms with Crippen molar-refractivity contribution >= 4 is 0 Å². The summed E-state index contributed by atoms with van der Waals surface area (Å²) in [6.45, 7) is 0.600. The van der Waals surface area contributed by atoms with Crippen LogP contribution in [0.4, 0.5) is 0 Å². The Morgan fingerprint density at radius 1 is 0.895 bits per heavy atom. The first kappa shape index (κ1) is 13.4. The molecule has 0 amide bonds. The van der Waals surface area contributed by atoms with Crippen molar-refractivity contribution in [2.45, 2.75) is 12.6 Å². The second-order valence-corrected chi connectivity index (χ2v) is 4.29. The maximum absolute atomic E-state index is 6.01. The van der Waals surface area contributed by atoms with Crippen LogP contribution in [0, 0.1) is 11.8 Å². The van der Waals surface area contributed by atoms with E-state index in [4.69, 9.17) is 5.73 Å². The molecule has 0 aliphatic heterocycles. The minimum atomic E-state index is -0.160. The van der Waals surface area contributed by atoms with E-state index in [0.29, 0.717) is 6.54 Å². The SMILES string of the molecule is NC(NCC#CCc1ccccc1)c1ccccc1. The summed E-state index contributed by atoms with van der Waals surface area (Å²) in [6, 6.07) is 20.2. The average Bonchev–Trinajstić information content (AvgIpc) is 2.49. The van der Waals surface area contributed by atoms with Crippen LogP contribution in [0.25, 0.3) is 0 Å². The van der Waals surface area contributed by atoms with Crippen LogP contribution in [0.5, 0.6) is 0 Å². The molecule has 0 aromatic heterocycles. The molecule has 0 bridgehead atoms. The summed E-state index contributed by atoms with van der Waals surface area (Å²) >= 11 is 0. The number of nitrogens with one attached hydrogen (secondary N) is 1. The minimum Gasteiger partial charge on any atom is -0.312 e. The van der Waals surface area contributed by atoms with Crippen molar-refractivity contribution < 1.29 is 0 Å². The quantitative estimate of drug-likeness (QED) is 0.646. The van der Waals surface area contributed by atoms with Gasteiger partial charge in [-0.3, -0.25) is 5.32 Å². The van der Waals surface area contributed by atoms with Crippen LogP contribution in [-0.2, 0) is 6.42 Å². The van der Waals surface area contributed by atoms with Crippen LogP contribution < -0.4 is 11.1 Å². The molecule has 3 N–H and O–H groups in total. The van der Waals surface area contributed by atoms with Crippen molar-refractivity contribution in [3.05, 3.63) is 71.8 Å². The molecule has 0 radical (unpaired) electrons. The molecular weight excluding hydrogens is 232 g/mol. The van der Waals surface area contributed by atoms with Gasteiger partial charge < -0.3 is 5.73 Å². The van der Waals surface area contributed by atoms with Gasteiger partial charge in [0.05, 0.1) is 12.7 Å². The highest BCUT2D eigenvalue weighted by molar-refractivity contribution is 5.21. The van der Waals surface area contributed by atoms with Crippen molar-refractivity contribution in [2.75, 3.05) is 6.54 Å². The summed E-state index contributed by atoms with van der Waals surface area (Å²) in [5.41, 5.74) is 8.32. The van der Waals surface area contributed by atoms with Crippen LogP contribution in [0.15, 0.2) is 60.7 Å². The number of hydrogen-bond acceptors (Lipinski definition) is 2. The molecule has 96 valence electrons. The van der Waals surface area contributed by atoms with Gasteiger partial charge in [-0.15, -0.1) is 0 Å². The molecule has 0 saturated heterocycles. The van der Waals surface area contributed by atoms with Crippen LogP contribution >= 0.6 is 0 Å². The lowest BCUT2D eigenvalue weighted by molar-refractivity contribution is 0.596. The molecule has 2 rings (SSSR count). The molecule has 0 aliphatic carbocycles. The van der Waals surface area contributed by atoms with E-state index in [-0.39, 0.29) is 6.17 Å². The van der Waals surface area contributed by atoms with Gasteiger partial charge in [-0.1, -0.05) is 72.5 Å². The molecule has 0 heterocycles. The van der Waals surface area contributed by atoms with Gasteiger partial charge >= 0.3 is 0 Å². The Morgan fingerprint density at radius 2 is 1.53 bits per heavy atom. The minimum absolute atomic E-state index is 0.160. The Bertz CT molecular complexity index is 538. The summed E-state index contributed by atoms with van der Waals surface area (Å²) in [5, 5.41) is 3.19. The zero-order valence-electron chi connectivity index (χ0n) is 10.8. The third-order valence-electron chi connectivity index (χ3n) is 2.83. The van der Waals surface area contributed by atoms with E-state index in [1.165, 1.54) is 5.56 Å². The first-order valence-corrected chi connectivity index (χ1v) is 6.40. The summed E-state index contributed by atoms with van der Waals surface area (Å²) < 4.78 is 0. The van der Waals surface area contributed by atoms with Gasteiger partial charge in [-0.25, -0.2) is 0 Å². The van der Waals surface area contributed by atoms with E-state index in [0.717, 1.165) is 12.0 Å². The normalized spacial score (nSPS) is 11.4. The first-order chi connectivity index (χ1) is 9.36. The molecule has 2 aromatic carbocycles. The number of benzene rings is 2. The molecule has 0 saturated carbocycles. The van der Waals surface area contributed by atoms with Crippen molar-refractivity contribution in [3.8, 4) is 11.8 Å². The van der Waals surface area contributed by atoms with E-state index in [2.05, 4.69) is 29.3 Å². The van der Waals surface area contributed by atoms with Crippen LogP contribution in [0.3, 0.4) is 0 Å². The van der Waals surface area contributed by atoms with Gasteiger partial charge in [0.2, 0.25) is 0 Å². The molecule has 2 nitrogen and oxygen atoms in total. The molecule has 2 heteroatoms. The lowest BCUT2D eigenvalue weighted by atomic mass is 10.1. The standard InChI is InChI=1S/C17H18N2/c18-17(16-12-5-2-6-13-16)19-14-8-7-11-15-9-3-1-4-10-15/h1-6,9-10,12-13,17,19H,11,14,18H2. The zero-order valence-corrected chi connectivity index (χ0v) is 10.8. The van der Waals surface area contributed by atoms with E-state index in [1.54, 1.807) is 0 Å². The Kier molecular flexibility index (Phi) is 5.18. The molecule has 0 spiro atoms. The topological polar surface area (TPSA) is 38.0 Å². The van der Waals surface area contributed by atoms with Gasteiger partial charge in [0.1, 0.15) is 0 Å². The second-order valence-electron chi connectivity index (χ2n) is 4.29. The molecule has 0 fully saturated rings. The molecular formula is C17H18N2. The third kappa shape index (κ3) is 4.59. The largest absolute Gasteiger partial charge is 0.312 e. The smallest absolute Gasteiger partial charge is 0.0817 e. The maximum atomic E-state index is 6.01. The number of hydrogen-bond donors (Lipinski definition) is 2. The third-order valence-corrected chi connectivity index (χ3v) is 2.83. The van der Waals surface area contributed by atoms with E-state index < -0.39 is 0 Å². The van der Waals surface area contributed by atoms with E-state index in [9.17, 15) is 0 Å². The Balaban J connectivity index is 1.75. The summed E-state index contributed by atoms with van der Waals surface area (Å²) in [5.74, 6) is 6.23. The fourth-order valence-corrected chi connectivity index (χ4v) is 1.76. The maximum Gasteiger partial charge on any atom is 0.0817 e. The van der Waals surface area contributed by atoms with Crippen molar-refractivity contribution in [1.29, 1.82) is 0 Å². The van der Waals surface area contributed by atoms with Gasteiger partial charge in [-0.05, 0) is 11.1 Å². The van der Waals surface area contributed by atoms with Crippen LogP contribution in [0.1, 0.15) is 17.3 Å². The number of nitrogens with two attached hydrogens (primary N) is 1. The van der Waals surface area contributed by atoms with E-state index >= 15 is 0 Å². The summed E-state index contributed by atoms with van der Waals surface area (Å²) in [6.07, 6.45) is 0.621. The Labute approximate surface area is 114 Å². The van der Waals surface area contributed by atoms with Crippen molar-refractivity contribution in [1.82, 2.24) is 5.32 Å². The fourth-order valence-electron chi connectivity index (χ4n) is 1.76. The predicted octanol–water partition coefficient (Wildman–Crippen LogP) is 2.48. The van der Waals surface area contributed by atoms with Gasteiger partial charge in [-0.2, -0.15) is 0 Å². The molecule has 2 aromatic rings. The van der Waals surface area contributed by atoms with Gasteiger partial charge in [0.15, 0.2) is 0 Å². The van der Waals surface area contributed by atoms with Gasteiger partial charge in [0, 0.05) is 6.42 Å². The second kappa shape index (κ2) is 7.38. The lowest BCUT2D eigenvalue weighted by Gasteiger charge is -2.11. The first-order valence-electron chi connectivity index (χ1n) is 6.40. The predicted molar refractivity (Wildman–Crippen MR) is 79.3 cm³/mol. The highest BCUT2D eigenvalue weighted by atomic mass is 15.0. The number of rotatable bonds is 4. The van der Waals surface area contributed by atoms with Crippen LogP contribution in [0.2, 0.25) is 0 Å². The monoisotopic (exact) mass is 250 g/mol.